The van der Waals surface area contributed by atoms with Crippen molar-refractivity contribution in [1.82, 2.24) is 20.4 Å². The Balaban J connectivity index is 0.00000312. The zero-order chi connectivity index (χ0) is 17.5. The minimum Gasteiger partial charge on any atom is -0.356 e. The molecule has 1 heterocycles. The highest BCUT2D eigenvalue weighted by molar-refractivity contribution is 14.0. The van der Waals surface area contributed by atoms with Gasteiger partial charge >= 0.3 is 0 Å². The molecular weight excluding hydrogens is 425 g/mol. The van der Waals surface area contributed by atoms with Gasteiger partial charge < -0.3 is 15.5 Å². The van der Waals surface area contributed by atoms with Crippen molar-refractivity contribution in [3.8, 4) is 0 Å². The molecule has 0 unspecified atom stereocenters. The lowest BCUT2D eigenvalue weighted by molar-refractivity contribution is 0.173. The molecule has 0 aromatic heterocycles. The van der Waals surface area contributed by atoms with Gasteiger partial charge in [0.25, 0.3) is 0 Å². The first-order valence-corrected chi connectivity index (χ1v) is 9.98. The first kappa shape index (κ1) is 23.0. The van der Waals surface area contributed by atoms with E-state index in [-0.39, 0.29) is 24.0 Å². The first-order chi connectivity index (χ1) is 11.5. The number of nitrogens with one attached hydrogen (secondary N) is 2. The maximum Gasteiger partial charge on any atom is 0.191 e. The van der Waals surface area contributed by atoms with E-state index < -0.39 is 0 Å². The number of hydrogen-bond donors (Lipinski definition) is 2. The third-order valence-electron chi connectivity index (χ3n) is 5.37. The molecule has 0 bridgehead atoms. The number of piperidine rings is 1. The third kappa shape index (κ3) is 7.99. The molecule has 1 aliphatic heterocycles. The molecule has 5 nitrogen and oxygen atoms in total. The van der Waals surface area contributed by atoms with Crippen molar-refractivity contribution >= 4 is 29.9 Å². The molecule has 2 rings (SSSR count). The lowest BCUT2D eigenvalue weighted by atomic mass is 10.1. The van der Waals surface area contributed by atoms with Crippen molar-refractivity contribution in [2.45, 2.75) is 84.0 Å². The summed E-state index contributed by atoms with van der Waals surface area (Å²) in [5.74, 6) is 0.973. The van der Waals surface area contributed by atoms with Crippen LogP contribution >= 0.6 is 24.0 Å². The minimum absolute atomic E-state index is 0. The smallest absolute Gasteiger partial charge is 0.191 e. The van der Waals surface area contributed by atoms with Gasteiger partial charge in [-0.1, -0.05) is 0 Å². The van der Waals surface area contributed by atoms with Gasteiger partial charge in [-0.2, -0.15) is 0 Å². The molecule has 148 valence electrons. The second-order valence-electron chi connectivity index (χ2n) is 7.96. The predicted molar refractivity (Wildman–Crippen MR) is 119 cm³/mol. The first-order valence-electron chi connectivity index (χ1n) is 9.98. The van der Waals surface area contributed by atoms with Crippen LogP contribution in [0.15, 0.2) is 4.99 Å². The Bertz CT molecular complexity index is 379. The monoisotopic (exact) mass is 465 g/mol. The molecule has 0 aromatic carbocycles. The fraction of sp³-hybridized carbons (Fsp3) is 0.947. The largest absolute Gasteiger partial charge is 0.356 e. The van der Waals surface area contributed by atoms with E-state index in [1.807, 2.05) is 7.05 Å². The fourth-order valence-corrected chi connectivity index (χ4v) is 3.82. The van der Waals surface area contributed by atoms with Gasteiger partial charge in [0.2, 0.25) is 0 Å². The Morgan fingerprint density at radius 1 is 1.08 bits per heavy atom. The van der Waals surface area contributed by atoms with Crippen LogP contribution in [0.25, 0.3) is 0 Å². The maximum absolute atomic E-state index is 4.40. The number of rotatable bonds is 8. The average Bonchev–Trinajstić information content (AvgIpc) is 3.38. The number of aliphatic imine (C=N–C) groups is 1. The lowest BCUT2D eigenvalue weighted by Gasteiger charge is -2.33. The highest BCUT2D eigenvalue weighted by atomic mass is 127. The van der Waals surface area contributed by atoms with Crippen molar-refractivity contribution in [3.05, 3.63) is 0 Å². The maximum atomic E-state index is 4.40. The predicted octanol–water partition coefficient (Wildman–Crippen LogP) is 2.91. The Morgan fingerprint density at radius 3 is 2.16 bits per heavy atom. The summed E-state index contributed by atoms with van der Waals surface area (Å²) in [5, 5.41) is 7.11. The van der Waals surface area contributed by atoms with E-state index in [1.165, 1.54) is 38.8 Å². The standard InChI is InChI=1S/C19H39N5.HI/c1-15(2)24(16(3)4)12-6-11-21-19(20-5)22-17-9-13-23(14-10-17)18-7-8-18;/h15-18H,6-14H2,1-5H3,(H2,20,21,22);1H. The normalized spacial score (nSPS) is 20.2. The molecule has 1 aliphatic carbocycles. The van der Waals surface area contributed by atoms with Crippen LogP contribution in [0.2, 0.25) is 0 Å². The summed E-state index contributed by atoms with van der Waals surface area (Å²) < 4.78 is 0. The average molecular weight is 465 g/mol. The van der Waals surface area contributed by atoms with Crippen LogP contribution in [-0.4, -0.2) is 73.2 Å². The van der Waals surface area contributed by atoms with Crippen LogP contribution in [0.1, 0.15) is 59.8 Å². The zero-order valence-corrected chi connectivity index (χ0v) is 19.3. The van der Waals surface area contributed by atoms with Crippen LogP contribution in [0, 0.1) is 0 Å². The van der Waals surface area contributed by atoms with E-state index in [0.29, 0.717) is 18.1 Å². The minimum atomic E-state index is 0. The Labute approximate surface area is 172 Å². The van der Waals surface area contributed by atoms with Gasteiger partial charge in [-0.3, -0.25) is 9.89 Å². The molecular formula is C19H40IN5. The second kappa shape index (κ2) is 11.6. The van der Waals surface area contributed by atoms with Crippen LogP contribution in [0.4, 0.5) is 0 Å². The quantitative estimate of drug-likeness (QED) is 0.251. The third-order valence-corrected chi connectivity index (χ3v) is 5.37. The van der Waals surface area contributed by atoms with Gasteiger partial charge in [0.15, 0.2) is 5.96 Å². The molecule has 0 amide bonds. The van der Waals surface area contributed by atoms with E-state index >= 15 is 0 Å². The molecule has 2 N–H and O–H groups in total. The molecule has 0 radical (unpaired) electrons. The van der Waals surface area contributed by atoms with Crippen molar-refractivity contribution in [2.75, 3.05) is 33.2 Å². The molecule has 2 fully saturated rings. The van der Waals surface area contributed by atoms with Crippen LogP contribution in [-0.2, 0) is 0 Å². The highest BCUT2D eigenvalue weighted by Crippen LogP contribution is 2.29. The van der Waals surface area contributed by atoms with Gasteiger partial charge in [-0.15, -0.1) is 24.0 Å². The summed E-state index contributed by atoms with van der Waals surface area (Å²) in [4.78, 5) is 9.62. The molecule has 0 spiro atoms. The van der Waals surface area contributed by atoms with Crippen LogP contribution in [0.5, 0.6) is 0 Å². The topological polar surface area (TPSA) is 42.9 Å². The van der Waals surface area contributed by atoms with Gasteiger partial charge in [-0.05, 0) is 59.8 Å². The Hall–Kier alpha value is -0.0800. The molecule has 0 aromatic rings. The van der Waals surface area contributed by atoms with Crippen molar-refractivity contribution in [1.29, 1.82) is 0 Å². The number of guanidine groups is 1. The highest BCUT2D eigenvalue weighted by Gasteiger charge is 2.31. The number of halogens is 1. The summed E-state index contributed by atoms with van der Waals surface area (Å²) in [7, 11) is 1.88. The van der Waals surface area contributed by atoms with E-state index in [1.54, 1.807) is 0 Å². The van der Waals surface area contributed by atoms with E-state index in [0.717, 1.165) is 31.5 Å². The number of hydrogen-bond acceptors (Lipinski definition) is 3. The van der Waals surface area contributed by atoms with E-state index in [2.05, 4.69) is 53.1 Å². The summed E-state index contributed by atoms with van der Waals surface area (Å²) in [6, 6.07) is 2.71. The zero-order valence-electron chi connectivity index (χ0n) is 16.9. The van der Waals surface area contributed by atoms with Gasteiger partial charge in [0.1, 0.15) is 0 Å². The summed E-state index contributed by atoms with van der Waals surface area (Å²) in [6.07, 6.45) is 6.48. The molecule has 25 heavy (non-hydrogen) atoms. The van der Waals surface area contributed by atoms with Gasteiger partial charge in [0, 0.05) is 57.4 Å². The molecule has 6 heteroatoms. The summed E-state index contributed by atoms with van der Waals surface area (Å²) in [5.41, 5.74) is 0. The summed E-state index contributed by atoms with van der Waals surface area (Å²) in [6.45, 7) is 13.7. The fourth-order valence-electron chi connectivity index (χ4n) is 3.82. The molecule has 0 atom stereocenters. The number of nitrogens with zero attached hydrogens (tertiary/aromatic N) is 3. The van der Waals surface area contributed by atoms with Gasteiger partial charge in [0.05, 0.1) is 0 Å². The van der Waals surface area contributed by atoms with Crippen LogP contribution in [0.3, 0.4) is 0 Å². The van der Waals surface area contributed by atoms with Crippen LogP contribution < -0.4 is 10.6 Å². The van der Waals surface area contributed by atoms with Crippen molar-refractivity contribution in [3.63, 3.8) is 0 Å². The SMILES string of the molecule is CN=C(NCCCN(C(C)C)C(C)C)NC1CCN(C2CC2)CC1.I. The van der Waals surface area contributed by atoms with Crippen molar-refractivity contribution < 1.29 is 0 Å². The lowest BCUT2D eigenvalue weighted by Crippen LogP contribution is -2.49. The second-order valence-corrected chi connectivity index (χ2v) is 7.96. The molecule has 1 saturated carbocycles. The van der Waals surface area contributed by atoms with E-state index in [9.17, 15) is 0 Å². The summed E-state index contributed by atoms with van der Waals surface area (Å²) >= 11 is 0. The Morgan fingerprint density at radius 2 is 1.68 bits per heavy atom. The Kier molecular flexibility index (Phi) is 10.6. The molecule has 2 aliphatic rings. The number of likely N-dealkylation sites (tertiary alicyclic amines) is 1. The van der Waals surface area contributed by atoms with Gasteiger partial charge in [-0.25, -0.2) is 0 Å². The van der Waals surface area contributed by atoms with E-state index in [4.69, 9.17) is 0 Å². The molecule has 1 saturated heterocycles. The van der Waals surface area contributed by atoms with Crippen molar-refractivity contribution in [2.24, 2.45) is 4.99 Å².